The fraction of sp³-hybridized carbons (Fsp3) is 0.872. The van der Waals surface area contributed by atoms with Crippen LogP contribution in [0.25, 0.3) is 0 Å². The molecule has 0 heterocycles. The van der Waals surface area contributed by atoms with E-state index in [-0.39, 0.29) is 12.5 Å². The Kier molecular flexibility index (Phi) is 33.8. The number of unbranched alkanes of at least 4 members (excludes halogenated alkanes) is 22. The molecule has 4 N–H and O–H groups in total. The molecule has 0 aromatic heterocycles. The normalized spacial score (nSPS) is 14.0. The molecule has 0 aliphatic rings. The van der Waals surface area contributed by atoms with Crippen LogP contribution in [0.3, 0.4) is 0 Å². The average molecular weight is 622 g/mol. The Balaban J connectivity index is 3.72. The zero-order chi connectivity index (χ0) is 32.4. The average Bonchev–Trinajstić information content (AvgIpc) is 3.03. The summed E-state index contributed by atoms with van der Waals surface area (Å²) >= 11 is 0. The van der Waals surface area contributed by atoms with E-state index < -0.39 is 18.2 Å². The highest BCUT2D eigenvalue weighted by Gasteiger charge is 2.26. The number of hydrogen-bond acceptors (Lipinski definition) is 4. The first kappa shape index (κ1) is 42.8. The highest BCUT2D eigenvalue weighted by molar-refractivity contribution is 5.76. The number of carbonyl (C=O) groups is 1. The molecule has 5 heteroatoms. The van der Waals surface area contributed by atoms with Crippen molar-refractivity contribution in [3.05, 3.63) is 24.3 Å². The van der Waals surface area contributed by atoms with Crippen LogP contribution in [-0.2, 0) is 4.79 Å². The lowest BCUT2D eigenvalue weighted by Gasteiger charge is -2.26. The molecule has 0 aromatic carbocycles. The molecular weight excluding hydrogens is 546 g/mol. The summed E-state index contributed by atoms with van der Waals surface area (Å²) < 4.78 is 0. The third-order valence-electron chi connectivity index (χ3n) is 8.78. The summed E-state index contributed by atoms with van der Waals surface area (Å²) in [4.78, 5) is 12.4. The van der Waals surface area contributed by atoms with Gasteiger partial charge in [0.25, 0.3) is 0 Å². The number of amides is 1. The van der Waals surface area contributed by atoms with Crippen LogP contribution < -0.4 is 5.32 Å². The van der Waals surface area contributed by atoms with Crippen molar-refractivity contribution < 1.29 is 20.1 Å². The third-order valence-corrected chi connectivity index (χ3v) is 8.78. The molecule has 0 radical (unpaired) electrons. The number of rotatable bonds is 34. The van der Waals surface area contributed by atoms with Gasteiger partial charge in [0.05, 0.1) is 18.8 Å². The van der Waals surface area contributed by atoms with Gasteiger partial charge in [-0.1, -0.05) is 147 Å². The van der Waals surface area contributed by atoms with Gasteiger partial charge in [0, 0.05) is 6.42 Å². The summed E-state index contributed by atoms with van der Waals surface area (Å²) in [5.41, 5.74) is 0. The van der Waals surface area contributed by atoms with E-state index in [1.807, 2.05) is 0 Å². The zero-order valence-corrected chi connectivity index (χ0v) is 29.3. The SMILES string of the molecule is CCCCCCCCC/C=C/CCCC(O)C(O)C(CO)NC(=O)CCCCCCC/C=C\CCCCCCCCCCC. The van der Waals surface area contributed by atoms with Crippen molar-refractivity contribution >= 4 is 5.91 Å². The molecule has 0 aliphatic carbocycles. The Morgan fingerprint density at radius 3 is 1.32 bits per heavy atom. The van der Waals surface area contributed by atoms with E-state index in [0.717, 1.165) is 44.9 Å². The molecule has 5 nitrogen and oxygen atoms in total. The minimum Gasteiger partial charge on any atom is -0.394 e. The maximum atomic E-state index is 12.4. The lowest BCUT2D eigenvalue weighted by Crippen LogP contribution is -2.50. The van der Waals surface area contributed by atoms with Crippen molar-refractivity contribution in [3.8, 4) is 0 Å². The topological polar surface area (TPSA) is 89.8 Å². The number of aliphatic hydroxyl groups is 3. The van der Waals surface area contributed by atoms with E-state index in [0.29, 0.717) is 12.8 Å². The van der Waals surface area contributed by atoms with E-state index >= 15 is 0 Å². The van der Waals surface area contributed by atoms with E-state index in [2.05, 4.69) is 43.5 Å². The first-order valence-electron chi connectivity index (χ1n) is 19.1. The zero-order valence-electron chi connectivity index (χ0n) is 29.3. The van der Waals surface area contributed by atoms with Gasteiger partial charge < -0.3 is 20.6 Å². The van der Waals surface area contributed by atoms with Crippen LogP contribution in [0.1, 0.15) is 194 Å². The third kappa shape index (κ3) is 29.5. The summed E-state index contributed by atoms with van der Waals surface area (Å²) in [6.07, 6.45) is 39.9. The summed E-state index contributed by atoms with van der Waals surface area (Å²) in [7, 11) is 0. The molecule has 0 aromatic rings. The van der Waals surface area contributed by atoms with Crippen LogP contribution in [0.15, 0.2) is 24.3 Å². The smallest absolute Gasteiger partial charge is 0.220 e. The predicted molar refractivity (Wildman–Crippen MR) is 190 cm³/mol. The minimum absolute atomic E-state index is 0.164. The highest BCUT2D eigenvalue weighted by Crippen LogP contribution is 2.14. The van der Waals surface area contributed by atoms with Gasteiger partial charge in [-0.05, 0) is 64.2 Å². The molecule has 0 fully saturated rings. The molecule has 0 spiro atoms. The number of allylic oxidation sites excluding steroid dienone is 4. The number of aliphatic hydroxyl groups excluding tert-OH is 3. The van der Waals surface area contributed by atoms with Crippen LogP contribution in [0, 0.1) is 0 Å². The maximum absolute atomic E-state index is 12.4. The first-order chi connectivity index (χ1) is 21.6. The molecule has 3 unspecified atom stereocenters. The van der Waals surface area contributed by atoms with Crippen LogP contribution in [0.5, 0.6) is 0 Å². The fourth-order valence-electron chi connectivity index (χ4n) is 5.74. The van der Waals surface area contributed by atoms with Crippen molar-refractivity contribution in [1.82, 2.24) is 5.32 Å². The van der Waals surface area contributed by atoms with Crippen molar-refractivity contribution in [2.45, 2.75) is 212 Å². The first-order valence-corrected chi connectivity index (χ1v) is 19.1. The number of carbonyl (C=O) groups excluding carboxylic acids is 1. The van der Waals surface area contributed by atoms with Crippen LogP contribution >= 0.6 is 0 Å². The van der Waals surface area contributed by atoms with E-state index in [1.165, 1.54) is 122 Å². The maximum Gasteiger partial charge on any atom is 0.220 e. The summed E-state index contributed by atoms with van der Waals surface area (Å²) in [6.45, 7) is 4.14. The predicted octanol–water partition coefficient (Wildman–Crippen LogP) is 10.3. The molecule has 0 rings (SSSR count). The Hall–Kier alpha value is -1.17. The largest absolute Gasteiger partial charge is 0.394 e. The lowest BCUT2D eigenvalue weighted by molar-refractivity contribution is -0.124. The quantitative estimate of drug-likeness (QED) is 0.0425. The van der Waals surface area contributed by atoms with Gasteiger partial charge >= 0.3 is 0 Å². The van der Waals surface area contributed by atoms with Gasteiger partial charge in [-0.3, -0.25) is 4.79 Å². The van der Waals surface area contributed by atoms with E-state index in [1.54, 1.807) is 0 Å². The Morgan fingerprint density at radius 1 is 0.545 bits per heavy atom. The van der Waals surface area contributed by atoms with Crippen LogP contribution in [0.2, 0.25) is 0 Å². The van der Waals surface area contributed by atoms with Crippen molar-refractivity contribution in [2.24, 2.45) is 0 Å². The van der Waals surface area contributed by atoms with Gasteiger partial charge in [-0.15, -0.1) is 0 Å². The molecule has 3 atom stereocenters. The summed E-state index contributed by atoms with van der Waals surface area (Å²) in [5.74, 6) is -0.164. The molecular formula is C39H75NO4. The standard InChI is InChI=1S/C39H75NO4/c1-3-5-7-9-11-13-15-17-18-19-20-21-22-24-26-28-30-32-34-38(43)40-36(35-41)39(44)37(42)33-31-29-27-25-23-16-14-12-10-8-6-4-2/h20-21,25,27,36-37,39,41-42,44H,3-19,22-24,26,28-35H2,1-2H3,(H,40,43)/b21-20-,27-25+. The van der Waals surface area contributed by atoms with Gasteiger partial charge in [-0.2, -0.15) is 0 Å². The van der Waals surface area contributed by atoms with Gasteiger partial charge in [-0.25, -0.2) is 0 Å². The number of hydrogen-bond donors (Lipinski definition) is 4. The van der Waals surface area contributed by atoms with Crippen molar-refractivity contribution in [3.63, 3.8) is 0 Å². The minimum atomic E-state index is -1.16. The number of nitrogens with one attached hydrogen (secondary N) is 1. The van der Waals surface area contributed by atoms with Gasteiger partial charge in [0.1, 0.15) is 6.10 Å². The van der Waals surface area contributed by atoms with Crippen molar-refractivity contribution in [1.29, 1.82) is 0 Å². The molecule has 44 heavy (non-hydrogen) atoms. The lowest BCUT2D eigenvalue weighted by atomic mass is 10.0. The summed E-state index contributed by atoms with van der Waals surface area (Å²) in [6, 6.07) is -0.826. The highest BCUT2D eigenvalue weighted by atomic mass is 16.3. The Bertz CT molecular complexity index is 650. The van der Waals surface area contributed by atoms with E-state index in [9.17, 15) is 20.1 Å². The molecule has 0 saturated heterocycles. The fourth-order valence-corrected chi connectivity index (χ4v) is 5.74. The van der Waals surface area contributed by atoms with Crippen molar-refractivity contribution in [2.75, 3.05) is 6.61 Å². The summed E-state index contributed by atoms with van der Waals surface area (Å²) in [5, 5.41) is 33.3. The van der Waals surface area contributed by atoms with Gasteiger partial charge in [0.15, 0.2) is 0 Å². The molecule has 1 amide bonds. The van der Waals surface area contributed by atoms with Crippen LogP contribution in [-0.4, -0.2) is 46.1 Å². The van der Waals surface area contributed by atoms with Crippen LogP contribution in [0.4, 0.5) is 0 Å². The second-order valence-electron chi connectivity index (χ2n) is 13.1. The molecule has 0 bridgehead atoms. The monoisotopic (exact) mass is 622 g/mol. The Labute approximate surface area is 273 Å². The molecule has 0 saturated carbocycles. The molecule has 0 aliphatic heterocycles. The van der Waals surface area contributed by atoms with E-state index in [4.69, 9.17) is 0 Å². The Morgan fingerprint density at radius 2 is 0.909 bits per heavy atom. The second-order valence-corrected chi connectivity index (χ2v) is 13.1. The molecule has 260 valence electrons. The second kappa shape index (κ2) is 34.7. The van der Waals surface area contributed by atoms with Gasteiger partial charge in [0.2, 0.25) is 5.91 Å².